The van der Waals surface area contributed by atoms with Gasteiger partial charge in [0.15, 0.2) is 0 Å². The first kappa shape index (κ1) is 8.99. The van der Waals surface area contributed by atoms with E-state index in [0.29, 0.717) is 12.8 Å². The minimum Gasteiger partial charge on any atom is -0.480 e. The van der Waals surface area contributed by atoms with Gasteiger partial charge in [0.2, 0.25) is 5.91 Å². The molecule has 3 N–H and O–H groups in total. The molecule has 1 aliphatic rings. The van der Waals surface area contributed by atoms with Crippen molar-refractivity contribution in [2.24, 2.45) is 5.73 Å². The van der Waals surface area contributed by atoms with Crippen LogP contribution in [0, 0.1) is 0 Å². The maximum atomic E-state index is 10.8. The van der Waals surface area contributed by atoms with Gasteiger partial charge in [-0.3, -0.25) is 14.5 Å². The first-order valence-corrected chi connectivity index (χ1v) is 3.78. The summed E-state index contributed by atoms with van der Waals surface area (Å²) in [7, 11) is 1.61. The molecule has 1 saturated heterocycles. The second kappa shape index (κ2) is 3.10. The van der Waals surface area contributed by atoms with Crippen LogP contribution in [0.3, 0.4) is 0 Å². The average molecular weight is 172 g/mol. The molecule has 0 aromatic carbocycles. The molecule has 0 aromatic rings. The van der Waals surface area contributed by atoms with Crippen molar-refractivity contribution in [3.8, 4) is 0 Å². The molecule has 1 fully saturated rings. The minimum atomic E-state index is -0.888. The number of nitrogens with zero attached hydrogens (tertiary/aromatic N) is 1. The van der Waals surface area contributed by atoms with Crippen molar-refractivity contribution in [3.63, 3.8) is 0 Å². The number of carboxylic acids is 1. The number of amides is 1. The number of likely N-dealkylation sites (N-methyl/N-ethyl adjacent to an activating group) is 1. The van der Waals surface area contributed by atoms with Gasteiger partial charge in [-0.25, -0.2) is 0 Å². The predicted octanol–water partition coefficient (Wildman–Crippen LogP) is -0.981. The number of aliphatic carboxylic acids is 1. The highest BCUT2D eigenvalue weighted by atomic mass is 16.4. The molecule has 2 atom stereocenters. The molecule has 12 heavy (non-hydrogen) atoms. The summed E-state index contributed by atoms with van der Waals surface area (Å²) in [6.07, 6.45) is 1.04. The Hall–Kier alpha value is -1.10. The first-order valence-electron chi connectivity index (χ1n) is 3.78. The maximum Gasteiger partial charge on any atom is 0.320 e. The molecule has 1 aliphatic heterocycles. The van der Waals surface area contributed by atoms with E-state index in [1.165, 1.54) is 4.90 Å². The Morgan fingerprint density at radius 2 is 1.92 bits per heavy atom. The molecule has 0 spiro atoms. The van der Waals surface area contributed by atoms with Crippen LogP contribution < -0.4 is 5.73 Å². The van der Waals surface area contributed by atoms with Gasteiger partial charge in [0.05, 0.1) is 6.04 Å². The number of hydrogen-bond donors (Lipinski definition) is 2. The third kappa shape index (κ3) is 1.40. The van der Waals surface area contributed by atoms with Gasteiger partial charge in [-0.2, -0.15) is 0 Å². The summed E-state index contributed by atoms with van der Waals surface area (Å²) in [5.74, 6) is -1.33. The van der Waals surface area contributed by atoms with Crippen LogP contribution in [0.15, 0.2) is 0 Å². The minimum absolute atomic E-state index is 0.411. The lowest BCUT2D eigenvalue weighted by atomic mass is 10.2. The number of rotatable bonds is 2. The van der Waals surface area contributed by atoms with Gasteiger partial charge >= 0.3 is 5.97 Å². The Kier molecular flexibility index (Phi) is 2.32. The monoisotopic (exact) mass is 172 g/mol. The average Bonchev–Trinajstić information content (AvgIpc) is 2.30. The molecule has 0 bridgehead atoms. The van der Waals surface area contributed by atoms with E-state index in [4.69, 9.17) is 10.8 Å². The second-order valence-corrected chi connectivity index (χ2v) is 3.02. The smallest absolute Gasteiger partial charge is 0.320 e. The van der Waals surface area contributed by atoms with Gasteiger partial charge in [0.25, 0.3) is 0 Å². The molecule has 0 aromatic heterocycles. The number of carbonyl (C=O) groups is 2. The van der Waals surface area contributed by atoms with Crippen molar-refractivity contribution in [2.75, 3.05) is 7.05 Å². The van der Waals surface area contributed by atoms with E-state index in [2.05, 4.69) is 0 Å². The maximum absolute atomic E-state index is 10.8. The third-order valence-electron chi connectivity index (χ3n) is 2.31. The van der Waals surface area contributed by atoms with E-state index in [0.717, 1.165) is 0 Å². The number of likely N-dealkylation sites (tertiary alicyclic amines) is 1. The normalized spacial score (nSPS) is 30.4. The van der Waals surface area contributed by atoms with Gasteiger partial charge in [-0.15, -0.1) is 0 Å². The Morgan fingerprint density at radius 1 is 1.42 bits per heavy atom. The highest BCUT2D eigenvalue weighted by Gasteiger charge is 2.37. The highest BCUT2D eigenvalue weighted by Crippen LogP contribution is 2.21. The van der Waals surface area contributed by atoms with E-state index < -0.39 is 24.0 Å². The van der Waals surface area contributed by atoms with E-state index in [-0.39, 0.29) is 0 Å². The summed E-state index contributed by atoms with van der Waals surface area (Å²) in [5.41, 5.74) is 5.08. The molecule has 1 heterocycles. The van der Waals surface area contributed by atoms with Gasteiger partial charge in [0, 0.05) is 0 Å². The molecule has 2 unspecified atom stereocenters. The molecule has 5 nitrogen and oxygen atoms in total. The second-order valence-electron chi connectivity index (χ2n) is 3.02. The number of primary amides is 1. The fourth-order valence-corrected chi connectivity index (χ4v) is 1.58. The standard InChI is InChI=1S/C7H12N2O3/c1-9-4(6(8)10)2-3-5(9)7(11)12/h4-5H,2-3H2,1H3,(H2,8,10)(H,11,12). The summed E-state index contributed by atoms with van der Waals surface area (Å²) >= 11 is 0. The lowest BCUT2D eigenvalue weighted by Crippen LogP contribution is -2.43. The summed E-state index contributed by atoms with van der Waals surface area (Å²) in [6.45, 7) is 0. The zero-order valence-electron chi connectivity index (χ0n) is 6.86. The summed E-state index contributed by atoms with van der Waals surface area (Å²) in [4.78, 5) is 22.9. The lowest BCUT2D eigenvalue weighted by Gasteiger charge is -2.19. The molecular formula is C7H12N2O3. The van der Waals surface area contributed by atoms with Crippen LogP contribution in [-0.4, -0.2) is 41.0 Å². The molecule has 0 aliphatic carbocycles. The largest absolute Gasteiger partial charge is 0.480 e. The van der Waals surface area contributed by atoms with E-state index in [1.807, 2.05) is 0 Å². The van der Waals surface area contributed by atoms with Crippen LogP contribution in [0.4, 0.5) is 0 Å². The molecule has 0 saturated carbocycles. The zero-order chi connectivity index (χ0) is 9.30. The first-order chi connectivity index (χ1) is 5.54. The molecule has 5 heteroatoms. The fraction of sp³-hybridized carbons (Fsp3) is 0.714. The Balaban J connectivity index is 2.67. The number of carbonyl (C=O) groups excluding carboxylic acids is 1. The van der Waals surface area contributed by atoms with Gasteiger partial charge < -0.3 is 10.8 Å². The molecular weight excluding hydrogens is 160 g/mol. The summed E-state index contributed by atoms with van der Waals surface area (Å²) < 4.78 is 0. The summed E-state index contributed by atoms with van der Waals surface area (Å²) in [6, 6.07) is -0.964. The Morgan fingerprint density at radius 3 is 2.17 bits per heavy atom. The van der Waals surface area contributed by atoms with Gasteiger partial charge in [0.1, 0.15) is 6.04 Å². The van der Waals surface area contributed by atoms with Crippen molar-refractivity contribution in [1.82, 2.24) is 4.90 Å². The molecule has 0 radical (unpaired) electrons. The van der Waals surface area contributed by atoms with Gasteiger partial charge in [-0.05, 0) is 19.9 Å². The van der Waals surface area contributed by atoms with Crippen LogP contribution >= 0.6 is 0 Å². The van der Waals surface area contributed by atoms with Gasteiger partial charge in [-0.1, -0.05) is 0 Å². The topological polar surface area (TPSA) is 83.6 Å². The lowest BCUT2D eigenvalue weighted by molar-refractivity contribution is -0.142. The van der Waals surface area contributed by atoms with E-state index >= 15 is 0 Å². The van der Waals surface area contributed by atoms with E-state index in [9.17, 15) is 9.59 Å². The van der Waals surface area contributed by atoms with Crippen molar-refractivity contribution in [3.05, 3.63) is 0 Å². The third-order valence-corrected chi connectivity index (χ3v) is 2.31. The Bertz CT molecular complexity index is 195. The Labute approximate surface area is 70.1 Å². The molecule has 1 rings (SSSR count). The number of carboxylic acid groups (broad SMARTS) is 1. The van der Waals surface area contributed by atoms with Crippen molar-refractivity contribution >= 4 is 11.9 Å². The van der Waals surface area contributed by atoms with Crippen LogP contribution in [0.1, 0.15) is 12.8 Å². The summed E-state index contributed by atoms with van der Waals surface area (Å²) in [5, 5.41) is 8.69. The van der Waals surface area contributed by atoms with Crippen LogP contribution in [-0.2, 0) is 9.59 Å². The highest BCUT2D eigenvalue weighted by molar-refractivity contribution is 5.82. The van der Waals surface area contributed by atoms with Crippen LogP contribution in [0.5, 0.6) is 0 Å². The zero-order valence-corrected chi connectivity index (χ0v) is 6.86. The van der Waals surface area contributed by atoms with Crippen molar-refractivity contribution in [1.29, 1.82) is 0 Å². The van der Waals surface area contributed by atoms with Crippen molar-refractivity contribution in [2.45, 2.75) is 24.9 Å². The van der Waals surface area contributed by atoms with Crippen LogP contribution in [0.25, 0.3) is 0 Å². The number of nitrogens with two attached hydrogens (primary N) is 1. The predicted molar refractivity (Wildman–Crippen MR) is 41.4 cm³/mol. The van der Waals surface area contributed by atoms with E-state index in [1.54, 1.807) is 7.05 Å². The molecule has 68 valence electrons. The molecule has 1 amide bonds. The van der Waals surface area contributed by atoms with Crippen LogP contribution in [0.2, 0.25) is 0 Å². The SMILES string of the molecule is CN1C(C(N)=O)CCC1C(=O)O. The van der Waals surface area contributed by atoms with Crippen molar-refractivity contribution < 1.29 is 14.7 Å². The quantitative estimate of drug-likeness (QED) is 0.560. The number of hydrogen-bond acceptors (Lipinski definition) is 3. The fourth-order valence-electron chi connectivity index (χ4n) is 1.58.